The smallest absolute Gasteiger partial charge is 0.269 e. The van der Waals surface area contributed by atoms with Crippen molar-refractivity contribution in [1.82, 2.24) is 4.98 Å². The number of amides is 1. The minimum Gasteiger partial charge on any atom is -0.322 e. The molecule has 1 N–H and O–H groups in total. The third-order valence-corrected chi connectivity index (χ3v) is 2.65. The van der Waals surface area contributed by atoms with E-state index in [0.29, 0.717) is 5.69 Å². The Morgan fingerprint density at radius 3 is 2.53 bits per heavy atom. The molecule has 0 aliphatic rings. The molecule has 0 saturated heterocycles. The number of nitrogens with one attached hydrogen (secondary N) is 1. The fraction of sp³-hybridized carbons (Fsp3) is 0. The van der Waals surface area contributed by atoms with Gasteiger partial charge < -0.3 is 5.32 Å². The maximum absolute atomic E-state index is 11.9. The van der Waals surface area contributed by atoms with Gasteiger partial charge in [-0.15, -0.1) is 0 Å². The Labute approximate surface area is 113 Å². The van der Waals surface area contributed by atoms with Gasteiger partial charge in [0.2, 0.25) is 0 Å². The van der Waals surface area contributed by atoms with Crippen LogP contribution in [0.5, 0.6) is 0 Å². The first kappa shape index (κ1) is 13.0. The maximum atomic E-state index is 11.9. The molecule has 1 aromatic heterocycles. The molecule has 7 heteroatoms. The molecular weight excluding hydrogens is 270 g/mol. The van der Waals surface area contributed by atoms with Crippen LogP contribution in [0.15, 0.2) is 42.7 Å². The average Bonchev–Trinajstić information content (AvgIpc) is 2.39. The number of hydrogen-bond donors (Lipinski definition) is 1. The number of rotatable bonds is 3. The van der Waals surface area contributed by atoms with Gasteiger partial charge in [-0.25, -0.2) is 0 Å². The zero-order chi connectivity index (χ0) is 13.8. The van der Waals surface area contributed by atoms with Crippen LogP contribution in [-0.4, -0.2) is 15.8 Å². The number of pyridine rings is 1. The van der Waals surface area contributed by atoms with Gasteiger partial charge >= 0.3 is 0 Å². The number of halogens is 1. The monoisotopic (exact) mass is 277 g/mol. The molecule has 19 heavy (non-hydrogen) atoms. The number of carbonyl (C=O) groups is 1. The van der Waals surface area contributed by atoms with E-state index in [2.05, 4.69) is 10.3 Å². The Morgan fingerprint density at radius 1 is 1.26 bits per heavy atom. The van der Waals surface area contributed by atoms with E-state index < -0.39 is 10.8 Å². The van der Waals surface area contributed by atoms with Gasteiger partial charge in [0.15, 0.2) is 0 Å². The summed E-state index contributed by atoms with van der Waals surface area (Å²) in [7, 11) is 0. The molecule has 0 fully saturated rings. The van der Waals surface area contributed by atoms with Crippen molar-refractivity contribution in [3.8, 4) is 0 Å². The van der Waals surface area contributed by atoms with Crippen molar-refractivity contribution in [3.05, 3.63) is 63.4 Å². The number of hydrogen-bond acceptors (Lipinski definition) is 4. The summed E-state index contributed by atoms with van der Waals surface area (Å²) >= 11 is 5.84. The van der Waals surface area contributed by atoms with Crippen LogP contribution in [0.1, 0.15) is 10.4 Å². The van der Waals surface area contributed by atoms with Crippen molar-refractivity contribution in [2.45, 2.75) is 0 Å². The number of nitro benzene ring substituents is 1. The van der Waals surface area contributed by atoms with Crippen molar-refractivity contribution < 1.29 is 9.72 Å². The lowest BCUT2D eigenvalue weighted by atomic mass is 10.2. The Bertz CT molecular complexity index is 628. The number of nitrogens with zero attached hydrogens (tertiary/aromatic N) is 2. The second-order valence-electron chi connectivity index (χ2n) is 3.61. The molecule has 0 aliphatic carbocycles. The average molecular weight is 278 g/mol. The first-order valence-electron chi connectivity index (χ1n) is 5.23. The maximum Gasteiger partial charge on any atom is 0.269 e. The molecule has 1 aromatic carbocycles. The second-order valence-corrected chi connectivity index (χ2v) is 4.02. The van der Waals surface area contributed by atoms with Crippen molar-refractivity contribution in [3.63, 3.8) is 0 Å². The van der Waals surface area contributed by atoms with E-state index in [-0.39, 0.29) is 16.3 Å². The fourth-order valence-electron chi connectivity index (χ4n) is 1.42. The Hall–Kier alpha value is -2.47. The first-order chi connectivity index (χ1) is 9.08. The van der Waals surface area contributed by atoms with E-state index in [1.54, 1.807) is 0 Å². The molecule has 6 nitrogen and oxygen atoms in total. The quantitative estimate of drug-likeness (QED) is 0.690. The molecule has 0 bridgehead atoms. The topological polar surface area (TPSA) is 85.1 Å². The minimum atomic E-state index is -0.509. The number of benzene rings is 1. The van der Waals surface area contributed by atoms with Crippen LogP contribution in [0, 0.1) is 10.1 Å². The van der Waals surface area contributed by atoms with Crippen LogP contribution < -0.4 is 5.32 Å². The van der Waals surface area contributed by atoms with Crippen LogP contribution in [0.25, 0.3) is 0 Å². The van der Waals surface area contributed by atoms with Crippen LogP contribution in [0.2, 0.25) is 5.02 Å². The van der Waals surface area contributed by atoms with Gasteiger partial charge in [0.1, 0.15) is 0 Å². The molecule has 0 unspecified atom stereocenters. The van der Waals surface area contributed by atoms with Crippen molar-refractivity contribution >= 4 is 28.9 Å². The van der Waals surface area contributed by atoms with Crippen LogP contribution in [-0.2, 0) is 0 Å². The number of non-ortho nitro benzene ring substituents is 1. The molecule has 0 radical (unpaired) electrons. The lowest BCUT2D eigenvalue weighted by Crippen LogP contribution is -2.12. The predicted molar refractivity (Wildman–Crippen MR) is 70.3 cm³/mol. The van der Waals surface area contributed by atoms with Crippen molar-refractivity contribution in [2.75, 3.05) is 5.32 Å². The summed E-state index contributed by atoms with van der Waals surface area (Å²) in [6, 6.07) is 7.01. The standard InChI is InChI=1S/C12H8ClN3O3/c13-11-7-14-6-5-10(11)12(17)15-8-1-3-9(4-2-8)16(18)19/h1-7H,(H,15,17). The van der Waals surface area contributed by atoms with Gasteiger partial charge in [-0.2, -0.15) is 0 Å². The first-order valence-corrected chi connectivity index (χ1v) is 5.61. The molecule has 1 amide bonds. The largest absolute Gasteiger partial charge is 0.322 e. The van der Waals surface area contributed by atoms with E-state index >= 15 is 0 Å². The normalized spacial score (nSPS) is 9.95. The van der Waals surface area contributed by atoms with Gasteiger partial charge in [0, 0.05) is 30.2 Å². The number of anilines is 1. The van der Waals surface area contributed by atoms with E-state index in [9.17, 15) is 14.9 Å². The molecule has 0 spiro atoms. The number of nitro groups is 1. The summed E-state index contributed by atoms with van der Waals surface area (Å²) in [6.07, 6.45) is 2.82. The fourth-order valence-corrected chi connectivity index (χ4v) is 1.63. The summed E-state index contributed by atoms with van der Waals surface area (Å²) in [6.45, 7) is 0. The highest BCUT2D eigenvalue weighted by Crippen LogP contribution is 2.18. The second kappa shape index (κ2) is 5.45. The number of carbonyl (C=O) groups excluding carboxylic acids is 1. The summed E-state index contributed by atoms with van der Waals surface area (Å²) < 4.78 is 0. The van der Waals surface area contributed by atoms with Gasteiger partial charge in [-0.3, -0.25) is 19.9 Å². The van der Waals surface area contributed by atoms with Crippen LogP contribution in [0.3, 0.4) is 0 Å². The molecule has 2 rings (SSSR count). The molecule has 2 aromatic rings. The SMILES string of the molecule is O=C(Nc1ccc([N+](=O)[O-])cc1)c1ccncc1Cl. The summed E-state index contributed by atoms with van der Waals surface area (Å²) in [5.41, 5.74) is 0.693. The third-order valence-electron chi connectivity index (χ3n) is 2.35. The molecular formula is C12H8ClN3O3. The van der Waals surface area contributed by atoms with Crippen molar-refractivity contribution in [2.24, 2.45) is 0 Å². The van der Waals surface area contributed by atoms with Crippen molar-refractivity contribution in [1.29, 1.82) is 0 Å². The van der Waals surface area contributed by atoms with Gasteiger partial charge in [0.05, 0.1) is 15.5 Å². The Morgan fingerprint density at radius 2 is 1.95 bits per heavy atom. The molecule has 0 aliphatic heterocycles. The molecule has 0 saturated carbocycles. The zero-order valence-electron chi connectivity index (χ0n) is 9.54. The Balaban J connectivity index is 2.15. The lowest BCUT2D eigenvalue weighted by Gasteiger charge is -2.05. The highest BCUT2D eigenvalue weighted by Gasteiger charge is 2.11. The van der Waals surface area contributed by atoms with E-state index in [1.807, 2.05) is 0 Å². The highest BCUT2D eigenvalue weighted by atomic mass is 35.5. The summed E-state index contributed by atoms with van der Waals surface area (Å²) in [4.78, 5) is 25.7. The zero-order valence-corrected chi connectivity index (χ0v) is 10.3. The summed E-state index contributed by atoms with van der Waals surface area (Å²) in [5, 5.41) is 13.3. The molecule has 96 valence electrons. The molecule has 0 atom stereocenters. The molecule has 1 heterocycles. The van der Waals surface area contributed by atoms with Gasteiger partial charge in [-0.05, 0) is 18.2 Å². The van der Waals surface area contributed by atoms with E-state index in [1.165, 1.54) is 42.7 Å². The predicted octanol–water partition coefficient (Wildman–Crippen LogP) is 2.90. The van der Waals surface area contributed by atoms with Crippen LogP contribution >= 0.6 is 11.6 Å². The minimum absolute atomic E-state index is 0.0417. The van der Waals surface area contributed by atoms with E-state index in [4.69, 9.17) is 11.6 Å². The summed E-state index contributed by atoms with van der Waals surface area (Å²) in [5.74, 6) is -0.402. The van der Waals surface area contributed by atoms with Gasteiger partial charge in [0.25, 0.3) is 11.6 Å². The lowest BCUT2D eigenvalue weighted by molar-refractivity contribution is -0.384. The van der Waals surface area contributed by atoms with E-state index in [0.717, 1.165) is 0 Å². The highest BCUT2D eigenvalue weighted by molar-refractivity contribution is 6.34. The third kappa shape index (κ3) is 3.05. The van der Waals surface area contributed by atoms with Crippen LogP contribution in [0.4, 0.5) is 11.4 Å². The van der Waals surface area contributed by atoms with Gasteiger partial charge in [-0.1, -0.05) is 11.6 Å². The Kier molecular flexibility index (Phi) is 3.72. The number of aromatic nitrogens is 1.